The second-order valence-electron chi connectivity index (χ2n) is 20.9. The van der Waals surface area contributed by atoms with Crippen LogP contribution in [-0.2, 0) is 10.8 Å². The highest BCUT2D eigenvalue weighted by Crippen LogP contribution is 2.49. The van der Waals surface area contributed by atoms with Gasteiger partial charge in [0.05, 0.1) is 5.52 Å². The van der Waals surface area contributed by atoms with Crippen molar-refractivity contribution < 1.29 is 4.42 Å². The number of nitrogens with one attached hydrogen (secondary N) is 1. The monoisotopic (exact) mass is 903 g/mol. The summed E-state index contributed by atoms with van der Waals surface area (Å²) in [5.74, 6) is 0.894. The first kappa shape index (κ1) is 42.1. The number of nitrogens with zero attached hydrogens (tertiary/aromatic N) is 2. The molecule has 0 unspecified atom stereocenters. The summed E-state index contributed by atoms with van der Waals surface area (Å²) in [4.78, 5) is 2.36. The minimum absolute atomic E-state index is 0.0703. The zero-order valence-electron chi connectivity index (χ0n) is 40.5. The third kappa shape index (κ3) is 6.74. The van der Waals surface area contributed by atoms with Crippen LogP contribution in [0.2, 0.25) is 0 Å². The number of benzene rings is 9. The molecule has 2 aliphatic rings. The molecule has 3 heterocycles. The molecule has 1 N–H and O–H groups in total. The number of para-hydroxylation sites is 3. The van der Waals surface area contributed by atoms with E-state index in [0.29, 0.717) is 0 Å². The maximum absolute atomic E-state index is 7.01. The highest BCUT2D eigenvalue weighted by Gasteiger charge is 2.37. The fraction of sp³-hybridized carbons (Fsp3) is 0.138. The summed E-state index contributed by atoms with van der Waals surface area (Å²) in [6.07, 6.45) is 2.34. The third-order valence-corrected chi connectivity index (χ3v) is 15.5. The minimum atomic E-state index is 0.0703. The summed E-state index contributed by atoms with van der Waals surface area (Å²) in [5, 5.41) is 7.79. The Balaban J connectivity index is 1.05. The highest BCUT2D eigenvalue weighted by atomic mass is 16.3. The summed E-state index contributed by atoms with van der Waals surface area (Å²) < 4.78 is 9.56. The summed E-state index contributed by atoms with van der Waals surface area (Å²) in [6.45, 7) is 11.9. The molecular formula is C65H54BN3O. The van der Waals surface area contributed by atoms with Gasteiger partial charge in [-0.25, -0.2) is 0 Å². The second kappa shape index (κ2) is 16.0. The van der Waals surface area contributed by atoms with Crippen LogP contribution in [-0.4, -0.2) is 11.8 Å². The average molecular weight is 904 g/mol. The fourth-order valence-corrected chi connectivity index (χ4v) is 11.9. The van der Waals surface area contributed by atoms with Gasteiger partial charge in [-0.05, 0) is 131 Å². The number of aryl methyl sites for hydroxylation is 1. The molecule has 1 aliphatic heterocycles. The SMILES string of the molecule is Cc1cc(-c2ccc(N(c3ccccc3)c3ccccc3)cc2Nc2ccc3c(c2)C(C)(C)CCC3(C)C)c2c3c1c1ccccc1n3-c1cc3c(-c4ccccc4)c(-c4ccccc4)oc3cc1B2. The molecule has 0 amide bonds. The lowest BCUT2D eigenvalue weighted by molar-refractivity contribution is 0.332. The van der Waals surface area contributed by atoms with Crippen LogP contribution in [0.5, 0.6) is 0 Å². The van der Waals surface area contributed by atoms with E-state index in [0.717, 1.165) is 75.6 Å². The molecule has 0 fully saturated rings. The second-order valence-corrected chi connectivity index (χ2v) is 20.9. The van der Waals surface area contributed by atoms with Gasteiger partial charge in [-0.15, -0.1) is 0 Å². The zero-order chi connectivity index (χ0) is 47.3. The van der Waals surface area contributed by atoms with Crippen LogP contribution in [0.15, 0.2) is 205 Å². The van der Waals surface area contributed by atoms with Gasteiger partial charge in [0.25, 0.3) is 0 Å². The van der Waals surface area contributed by atoms with E-state index in [1.54, 1.807) is 0 Å². The van der Waals surface area contributed by atoms with Crippen molar-refractivity contribution in [2.45, 2.75) is 58.3 Å². The number of anilines is 5. The summed E-state index contributed by atoms with van der Waals surface area (Å²) in [6, 6.07) is 73.0. The minimum Gasteiger partial charge on any atom is -0.455 e. The first-order valence-corrected chi connectivity index (χ1v) is 24.8. The maximum Gasteiger partial charge on any atom is 0.198 e. The van der Waals surface area contributed by atoms with E-state index in [2.05, 4.69) is 250 Å². The molecule has 0 atom stereocenters. The molecular weight excluding hydrogens is 850 g/mol. The van der Waals surface area contributed by atoms with E-state index < -0.39 is 0 Å². The predicted octanol–water partition coefficient (Wildman–Crippen LogP) is 16.1. The normalized spacial score (nSPS) is 14.3. The first-order valence-electron chi connectivity index (χ1n) is 24.8. The van der Waals surface area contributed by atoms with Crippen LogP contribution in [0.1, 0.15) is 57.2 Å². The molecule has 0 saturated heterocycles. The molecule has 1 aliphatic carbocycles. The van der Waals surface area contributed by atoms with Gasteiger partial charge in [0.2, 0.25) is 0 Å². The van der Waals surface area contributed by atoms with Gasteiger partial charge in [-0.1, -0.05) is 167 Å². The van der Waals surface area contributed by atoms with E-state index in [4.69, 9.17) is 4.42 Å². The number of hydrogen-bond donors (Lipinski definition) is 1. The van der Waals surface area contributed by atoms with Crippen LogP contribution < -0.4 is 21.1 Å². The van der Waals surface area contributed by atoms with Crippen molar-refractivity contribution in [3.8, 4) is 39.3 Å². The van der Waals surface area contributed by atoms with E-state index in [1.807, 2.05) is 0 Å². The quantitative estimate of drug-likeness (QED) is 0.154. The van der Waals surface area contributed by atoms with Gasteiger partial charge in [0, 0.05) is 72.5 Å². The van der Waals surface area contributed by atoms with Gasteiger partial charge in [-0.3, -0.25) is 0 Å². The Hall–Kier alpha value is -8.02. The standard InChI is InChI=1S/C65H54BN3O/c1-41-36-50(48-32-31-47(68(45-24-14-8-15-25-45)46-26-16-9-17-27-46)38-55(48)67-44-30-33-52-53(37-44)65(4,5)35-34-64(52,2)3)61-62-59(41)49-28-18-19-29-56(49)69(62)57-39-51-58(40-54(57)66-61)70-63(43-22-12-7-13-23-43)60(51)42-20-10-6-11-21-42/h6-33,36-40,66-67H,34-35H2,1-5H3. The molecule has 0 radical (unpaired) electrons. The van der Waals surface area contributed by atoms with E-state index in [-0.39, 0.29) is 10.8 Å². The number of furan rings is 1. The van der Waals surface area contributed by atoms with Crippen molar-refractivity contribution in [3.05, 3.63) is 217 Å². The Morgan fingerprint density at radius 2 is 1.19 bits per heavy atom. The van der Waals surface area contributed by atoms with Crippen molar-refractivity contribution in [1.29, 1.82) is 0 Å². The summed E-state index contributed by atoms with van der Waals surface area (Å²) >= 11 is 0. The molecule has 70 heavy (non-hydrogen) atoms. The Bertz CT molecular complexity index is 3790. The van der Waals surface area contributed by atoms with Crippen LogP contribution >= 0.6 is 0 Å². The third-order valence-electron chi connectivity index (χ3n) is 15.5. The van der Waals surface area contributed by atoms with Crippen molar-refractivity contribution >= 4 is 79.4 Å². The number of aromatic nitrogens is 1. The summed E-state index contributed by atoms with van der Waals surface area (Å²) in [7, 11) is 0.749. The van der Waals surface area contributed by atoms with Crippen LogP contribution in [0.4, 0.5) is 28.4 Å². The Morgan fingerprint density at radius 3 is 1.89 bits per heavy atom. The molecule has 0 saturated carbocycles. The predicted molar refractivity (Wildman–Crippen MR) is 298 cm³/mol. The largest absolute Gasteiger partial charge is 0.455 e. The molecule has 9 aromatic carbocycles. The topological polar surface area (TPSA) is 33.3 Å². The molecule has 0 spiro atoms. The zero-order valence-corrected chi connectivity index (χ0v) is 40.5. The average Bonchev–Trinajstić information content (AvgIpc) is 3.94. The maximum atomic E-state index is 7.01. The van der Waals surface area contributed by atoms with Crippen molar-refractivity contribution in [2.24, 2.45) is 0 Å². The van der Waals surface area contributed by atoms with E-state index in [9.17, 15) is 0 Å². The number of hydrogen-bond acceptors (Lipinski definition) is 3. The van der Waals surface area contributed by atoms with Gasteiger partial charge in [-0.2, -0.15) is 0 Å². The lowest BCUT2D eigenvalue weighted by Gasteiger charge is -2.42. The van der Waals surface area contributed by atoms with Gasteiger partial charge in [0.1, 0.15) is 11.3 Å². The van der Waals surface area contributed by atoms with Gasteiger partial charge in [0.15, 0.2) is 7.28 Å². The van der Waals surface area contributed by atoms with Crippen molar-refractivity contribution in [2.75, 3.05) is 10.2 Å². The highest BCUT2D eigenvalue weighted by molar-refractivity contribution is 6.73. The molecule has 11 aromatic rings. The van der Waals surface area contributed by atoms with Crippen LogP contribution in [0.3, 0.4) is 0 Å². The first-order chi connectivity index (χ1) is 34.1. The smallest absolute Gasteiger partial charge is 0.198 e. The van der Waals surface area contributed by atoms with Crippen LogP contribution in [0, 0.1) is 6.92 Å². The van der Waals surface area contributed by atoms with E-state index >= 15 is 0 Å². The van der Waals surface area contributed by atoms with Crippen molar-refractivity contribution in [1.82, 2.24) is 4.57 Å². The molecule has 2 aromatic heterocycles. The molecule has 5 heteroatoms. The van der Waals surface area contributed by atoms with Crippen molar-refractivity contribution in [3.63, 3.8) is 0 Å². The molecule has 13 rings (SSSR count). The lowest BCUT2D eigenvalue weighted by Crippen LogP contribution is -2.37. The summed E-state index contributed by atoms with van der Waals surface area (Å²) in [5.41, 5.74) is 22.7. The molecule has 4 nitrogen and oxygen atoms in total. The Morgan fingerprint density at radius 1 is 0.557 bits per heavy atom. The van der Waals surface area contributed by atoms with Gasteiger partial charge < -0.3 is 19.2 Å². The Kier molecular flexibility index (Phi) is 9.65. The van der Waals surface area contributed by atoms with Gasteiger partial charge >= 0.3 is 0 Å². The van der Waals surface area contributed by atoms with E-state index in [1.165, 1.54) is 72.7 Å². The Labute approximate surface area is 411 Å². The number of fused-ring (bicyclic) bond motifs is 7. The van der Waals surface area contributed by atoms with Crippen LogP contribution in [0.25, 0.3) is 72.0 Å². The molecule has 0 bridgehead atoms. The fourth-order valence-electron chi connectivity index (χ4n) is 11.9. The molecule has 338 valence electrons. The number of rotatable bonds is 8. The lowest BCUT2D eigenvalue weighted by atomic mass is 9.58.